The molecule has 0 aliphatic rings. The van der Waals surface area contributed by atoms with Gasteiger partial charge in [0.25, 0.3) is 0 Å². The summed E-state index contributed by atoms with van der Waals surface area (Å²) < 4.78 is 9.95. The smallest absolute Gasteiger partial charge is 0.305 e. The Bertz CT molecular complexity index is 409. The maximum Gasteiger partial charge on any atom is 0.305 e. The molecule has 0 bridgehead atoms. The van der Waals surface area contributed by atoms with E-state index >= 15 is 0 Å². The first-order chi connectivity index (χ1) is 9.67. The highest BCUT2D eigenvalue weighted by Crippen LogP contribution is 2.18. The molecule has 5 heteroatoms. The Kier molecular flexibility index (Phi) is 7.69. The monoisotopic (exact) mass is 281 g/mol. The molecule has 0 spiro atoms. The van der Waals surface area contributed by atoms with Gasteiger partial charge in [-0.05, 0) is 37.6 Å². The number of hydrogen-bond donors (Lipinski definition) is 2. The van der Waals surface area contributed by atoms with Crippen LogP contribution in [0.25, 0.3) is 0 Å². The second-order valence-electron chi connectivity index (χ2n) is 4.41. The molecule has 0 fully saturated rings. The van der Waals surface area contributed by atoms with Crippen molar-refractivity contribution in [2.75, 3.05) is 26.8 Å². The zero-order valence-electron chi connectivity index (χ0n) is 12.1. The molecule has 1 rings (SSSR count). The Morgan fingerprint density at radius 3 is 2.95 bits per heavy atom. The number of ether oxygens (including phenoxy) is 2. The predicted molar refractivity (Wildman–Crippen MR) is 76.7 cm³/mol. The Morgan fingerprint density at radius 1 is 1.45 bits per heavy atom. The molecule has 0 saturated carbocycles. The van der Waals surface area contributed by atoms with E-state index in [4.69, 9.17) is 9.47 Å². The molecule has 0 amide bonds. The first kappa shape index (κ1) is 16.5. The molecule has 5 nitrogen and oxygen atoms in total. The van der Waals surface area contributed by atoms with Crippen LogP contribution in [0.3, 0.4) is 0 Å². The molecular formula is C15H23NO4. The van der Waals surface area contributed by atoms with Gasteiger partial charge in [-0.25, -0.2) is 0 Å². The van der Waals surface area contributed by atoms with Crippen molar-refractivity contribution in [1.29, 1.82) is 0 Å². The molecule has 0 aliphatic carbocycles. The number of aliphatic hydroxyl groups excluding tert-OH is 1. The van der Waals surface area contributed by atoms with Gasteiger partial charge in [0.15, 0.2) is 0 Å². The quantitative estimate of drug-likeness (QED) is 0.532. The highest BCUT2D eigenvalue weighted by Gasteiger charge is 2.08. The third-order valence-electron chi connectivity index (χ3n) is 2.86. The number of methoxy groups -OCH3 is 1. The van der Waals surface area contributed by atoms with Crippen molar-refractivity contribution in [3.8, 4) is 5.75 Å². The van der Waals surface area contributed by atoms with Crippen LogP contribution >= 0.6 is 0 Å². The lowest BCUT2D eigenvalue weighted by Crippen LogP contribution is -2.23. The average Bonchev–Trinajstić information content (AvgIpc) is 2.47. The van der Waals surface area contributed by atoms with Crippen LogP contribution in [0.2, 0.25) is 0 Å². The van der Waals surface area contributed by atoms with Gasteiger partial charge < -0.3 is 19.9 Å². The topological polar surface area (TPSA) is 67.8 Å². The van der Waals surface area contributed by atoms with E-state index in [-0.39, 0.29) is 5.97 Å². The molecule has 1 aromatic carbocycles. The van der Waals surface area contributed by atoms with Crippen molar-refractivity contribution < 1.29 is 19.4 Å². The Labute approximate surface area is 119 Å². The van der Waals surface area contributed by atoms with Gasteiger partial charge in [0, 0.05) is 13.0 Å². The van der Waals surface area contributed by atoms with Crippen LogP contribution < -0.4 is 10.1 Å². The Morgan fingerprint density at radius 2 is 2.25 bits per heavy atom. The number of esters is 1. The normalized spacial score (nSPS) is 11.9. The summed E-state index contributed by atoms with van der Waals surface area (Å²) in [6.07, 6.45) is 0.507. The summed E-state index contributed by atoms with van der Waals surface area (Å²) in [5.74, 6) is 0.548. The van der Waals surface area contributed by atoms with Crippen molar-refractivity contribution >= 4 is 5.97 Å². The predicted octanol–water partition coefficient (Wildman–Crippen LogP) is 1.66. The Balaban J connectivity index is 2.22. The van der Waals surface area contributed by atoms with Crippen LogP contribution in [-0.2, 0) is 9.53 Å². The van der Waals surface area contributed by atoms with Gasteiger partial charge in [0.05, 0.1) is 19.8 Å². The highest BCUT2D eigenvalue weighted by molar-refractivity contribution is 5.69. The van der Waals surface area contributed by atoms with E-state index in [2.05, 4.69) is 5.32 Å². The number of aliphatic hydroxyl groups is 1. The van der Waals surface area contributed by atoms with E-state index in [1.165, 1.54) is 0 Å². The second kappa shape index (κ2) is 9.34. The fourth-order valence-electron chi connectivity index (χ4n) is 1.80. The highest BCUT2D eigenvalue weighted by atomic mass is 16.5. The van der Waals surface area contributed by atoms with Crippen LogP contribution in [0.5, 0.6) is 5.75 Å². The van der Waals surface area contributed by atoms with Crippen molar-refractivity contribution in [1.82, 2.24) is 5.32 Å². The molecule has 0 heterocycles. The van der Waals surface area contributed by atoms with Crippen molar-refractivity contribution in [3.05, 3.63) is 29.8 Å². The summed E-state index contributed by atoms with van der Waals surface area (Å²) in [6.45, 7) is 3.32. The van der Waals surface area contributed by atoms with Crippen LogP contribution in [0, 0.1) is 0 Å². The standard InChI is InChI=1S/C15H23NO4/c1-3-20-15(18)8-5-9-16-11-14(17)12-6-4-7-13(10-12)19-2/h4,6-7,10,14,16-17H,3,5,8-9,11H2,1-2H3. The number of carbonyl (C=O) groups excluding carboxylic acids is 1. The van der Waals surface area contributed by atoms with E-state index in [0.29, 0.717) is 32.5 Å². The van der Waals surface area contributed by atoms with Gasteiger partial charge >= 0.3 is 5.97 Å². The summed E-state index contributed by atoms with van der Waals surface area (Å²) in [7, 11) is 1.60. The molecule has 1 atom stereocenters. The number of nitrogens with one attached hydrogen (secondary N) is 1. The van der Waals surface area contributed by atoms with E-state index in [9.17, 15) is 9.90 Å². The SMILES string of the molecule is CCOC(=O)CCCNCC(O)c1cccc(OC)c1. The van der Waals surface area contributed by atoms with E-state index < -0.39 is 6.10 Å². The van der Waals surface area contributed by atoms with Crippen molar-refractivity contribution in [3.63, 3.8) is 0 Å². The lowest BCUT2D eigenvalue weighted by molar-refractivity contribution is -0.143. The third-order valence-corrected chi connectivity index (χ3v) is 2.86. The van der Waals surface area contributed by atoms with Gasteiger partial charge in [0.1, 0.15) is 5.75 Å². The molecule has 0 radical (unpaired) electrons. The molecular weight excluding hydrogens is 258 g/mol. The molecule has 0 aliphatic heterocycles. The minimum atomic E-state index is -0.590. The number of carbonyl (C=O) groups is 1. The average molecular weight is 281 g/mol. The molecule has 112 valence electrons. The fraction of sp³-hybridized carbons (Fsp3) is 0.533. The third kappa shape index (κ3) is 6.04. The van der Waals surface area contributed by atoms with E-state index in [0.717, 1.165) is 11.3 Å². The molecule has 20 heavy (non-hydrogen) atoms. The summed E-state index contributed by atoms with van der Waals surface area (Å²) in [6, 6.07) is 7.35. The zero-order valence-corrected chi connectivity index (χ0v) is 12.1. The van der Waals surface area contributed by atoms with Gasteiger partial charge in [-0.2, -0.15) is 0 Å². The zero-order chi connectivity index (χ0) is 14.8. The van der Waals surface area contributed by atoms with E-state index in [1.54, 1.807) is 14.0 Å². The number of rotatable bonds is 9. The lowest BCUT2D eigenvalue weighted by Gasteiger charge is -2.13. The Hall–Kier alpha value is -1.59. The minimum Gasteiger partial charge on any atom is -0.497 e. The fourth-order valence-corrected chi connectivity index (χ4v) is 1.80. The van der Waals surface area contributed by atoms with Crippen LogP contribution in [-0.4, -0.2) is 37.9 Å². The molecule has 2 N–H and O–H groups in total. The molecule has 0 saturated heterocycles. The van der Waals surface area contributed by atoms with Crippen LogP contribution in [0.1, 0.15) is 31.4 Å². The molecule has 1 aromatic rings. The van der Waals surface area contributed by atoms with Gasteiger partial charge in [-0.3, -0.25) is 4.79 Å². The van der Waals surface area contributed by atoms with Gasteiger partial charge in [-0.15, -0.1) is 0 Å². The first-order valence-electron chi connectivity index (χ1n) is 6.85. The summed E-state index contributed by atoms with van der Waals surface area (Å²) >= 11 is 0. The molecule has 0 aromatic heterocycles. The van der Waals surface area contributed by atoms with E-state index in [1.807, 2.05) is 24.3 Å². The number of benzene rings is 1. The van der Waals surface area contributed by atoms with Crippen molar-refractivity contribution in [2.45, 2.75) is 25.9 Å². The summed E-state index contributed by atoms with van der Waals surface area (Å²) in [5.41, 5.74) is 0.808. The molecule has 1 unspecified atom stereocenters. The van der Waals surface area contributed by atoms with Crippen LogP contribution in [0.4, 0.5) is 0 Å². The maximum absolute atomic E-state index is 11.1. The lowest BCUT2D eigenvalue weighted by atomic mass is 10.1. The summed E-state index contributed by atoms with van der Waals surface area (Å²) in [5, 5.41) is 13.1. The number of hydrogen-bond acceptors (Lipinski definition) is 5. The largest absolute Gasteiger partial charge is 0.497 e. The van der Waals surface area contributed by atoms with Crippen molar-refractivity contribution in [2.24, 2.45) is 0 Å². The second-order valence-corrected chi connectivity index (χ2v) is 4.41. The van der Waals surface area contributed by atoms with Gasteiger partial charge in [-0.1, -0.05) is 12.1 Å². The minimum absolute atomic E-state index is 0.178. The van der Waals surface area contributed by atoms with Gasteiger partial charge in [0.2, 0.25) is 0 Å². The summed E-state index contributed by atoms with van der Waals surface area (Å²) in [4.78, 5) is 11.1. The maximum atomic E-state index is 11.1. The first-order valence-corrected chi connectivity index (χ1v) is 6.85. The van der Waals surface area contributed by atoms with Crippen LogP contribution in [0.15, 0.2) is 24.3 Å².